The Morgan fingerprint density at radius 1 is 1.21 bits per heavy atom. The van der Waals surface area contributed by atoms with Crippen LogP contribution in [-0.4, -0.2) is 41.0 Å². The smallest absolute Gasteiger partial charge is 0.427 e. The van der Waals surface area contributed by atoms with Crippen LogP contribution in [0, 0.1) is 11.5 Å². The molecule has 0 spiro atoms. The highest BCUT2D eigenvalue weighted by molar-refractivity contribution is 6.83. The van der Waals surface area contributed by atoms with Gasteiger partial charge in [-0.1, -0.05) is 55.9 Å². The highest BCUT2D eigenvalue weighted by atomic mass is 28.3. The number of aryl methyl sites for hydroxylation is 1. The zero-order chi connectivity index (χ0) is 18.4. The van der Waals surface area contributed by atoms with Crippen molar-refractivity contribution in [2.24, 2.45) is 0 Å². The minimum atomic E-state index is -1.75. The van der Waals surface area contributed by atoms with E-state index in [1.807, 2.05) is 55.4 Å². The highest BCUT2D eigenvalue weighted by Crippen LogP contribution is 2.21. The molecule has 0 bridgehead atoms. The third-order valence-electron chi connectivity index (χ3n) is 3.34. The van der Waals surface area contributed by atoms with Crippen molar-refractivity contribution in [1.82, 2.24) is 10.4 Å². The Bertz CT molecular complexity index is 646. The number of nitrogens with zero attached hydrogens (tertiary/aromatic N) is 1. The molecule has 0 aliphatic carbocycles. The van der Waals surface area contributed by atoms with Gasteiger partial charge in [0.2, 0.25) is 0 Å². The van der Waals surface area contributed by atoms with E-state index < -0.39 is 25.8 Å². The summed E-state index contributed by atoms with van der Waals surface area (Å²) in [5, 5.41) is 19.1. The molecule has 0 aliphatic rings. The van der Waals surface area contributed by atoms with Gasteiger partial charge in [0.15, 0.2) is 0 Å². The van der Waals surface area contributed by atoms with Crippen LogP contribution in [0.4, 0.5) is 9.59 Å². The summed E-state index contributed by atoms with van der Waals surface area (Å²) in [6, 6.07) is 9.61. The maximum atomic E-state index is 11.6. The minimum absolute atomic E-state index is 0.376. The summed E-state index contributed by atoms with van der Waals surface area (Å²) in [5.74, 6) is 3.02. The van der Waals surface area contributed by atoms with Gasteiger partial charge in [0.1, 0.15) is 13.6 Å². The van der Waals surface area contributed by atoms with Crippen LogP contribution in [0.1, 0.15) is 18.9 Å². The fourth-order valence-electron chi connectivity index (χ4n) is 2.06. The van der Waals surface area contributed by atoms with Gasteiger partial charge in [0.25, 0.3) is 0 Å². The standard InChI is InChI=1S/C17H24N2O4Si/c1-17(12-13-24(2,3)4,19(16(22)23)18-15(20)21)11-10-14-8-6-5-7-9-14/h5-9,18H,10-11H2,1-4H3,(H,20,21)(H,22,23). The van der Waals surface area contributed by atoms with Crippen LogP contribution in [0.15, 0.2) is 30.3 Å². The fraction of sp³-hybridized carbons (Fsp3) is 0.412. The van der Waals surface area contributed by atoms with E-state index in [9.17, 15) is 14.7 Å². The second kappa shape index (κ2) is 7.88. The first kappa shape index (κ1) is 19.6. The largest absolute Gasteiger partial charge is 0.464 e. The zero-order valence-corrected chi connectivity index (χ0v) is 15.5. The maximum Gasteiger partial charge on any atom is 0.427 e. The zero-order valence-electron chi connectivity index (χ0n) is 14.5. The summed E-state index contributed by atoms with van der Waals surface area (Å²) in [4.78, 5) is 22.5. The Hall–Kier alpha value is -2.46. The molecule has 0 saturated carbocycles. The third kappa shape index (κ3) is 6.34. The van der Waals surface area contributed by atoms with Gasteiger partial charge >= 0.3 is 12.2 Å². The van der Waals surface area contributed by atoms with Gasteiger partial charge in [-0.05, 0) is 25.3 Å². The maximum absolute atomic E-state index is 11.6. The van der Waals surface area contributed by atoms with E-state index in [4.69, 9.17) is 5.11 Å². The number of hydrogen-bond acceptors (Lipinski definition) is 2. The molecule has 7 heteroatoms. The first-order valence-corrected chi connectivity index (χ1v) is 11.1. The average molecular weight is 348 g/mol. The lowest BCUT2D eigenvalue weighted by atomic mass is 9.93. The van der Waals surface area contributed by atoms with Crippen LogP contribution in [0.2, 0.25) is 19.6 Å². The summed E-state index contributed by atoms with van der Waals surface area (Å²) in [6.45, 7) is 7.79. The Morgan fingerprint density at radius 2 is 1.79 bits per heavy atom. The number of carbonyl (C=O) groups is 2. The summed E-state index contributed by atoms with van der Waals surface area (Å²) in [5.41, 5.74) is 5.00. The Labute approximate surface area is 143 Å². The van der Waals surface area contributed by atoms with Gasteiger partial charge in [-0.3, -0.25) is 0 Å². The lowest BCUT2D eigenvalue weighted by Gasteiger charge is -2.34. The van der Waals surface area contributed by atoms with E-state index in [1.165, 1.54) is 0 Å². The topological polar surface area (TPSA) is 89.9 Å². The number of benzene rings is 1. The van der Waals surface area contributed by atoms with Gasteiger partial charge < -0.3 is 10.2 Å². The lowest BCUT2D eigenvalue weighted by Crippen LogP contribution is -2.57. The van der Waals surface area contributed by atoms with E-state index >= 15 is 0 Å². The Morgan fingerprint density at radius 3 is 2.25 bits per heavy atom. The molecule has 1 aromatic rings. The molecule has 0 saturated heterocycles. The van der Waals surface area contributed by atoms with Crippen LogP contribution in [0.5, 0.6) is 0 Å². The third-order valence-corrected chi connectivity index (χ3v) is 4.22. The van der Waals surface area contributed by atoms with Crippen LogP contribution in [0.25, 0.3) is 0 Å². The van der Waals surface area contributed by atoms with Crippen molar-refractivity contribution in [2.75, 3.05) is 0 Å². The number of rotatable bonds is 4. The van der Waals surface area contributed by atoms with Gasteiger partial charge in [-0.15, -0.1) is 5.54 Å². The lowest BCUT2D eigenvalue weighted by molar-refractivity contribution is 0.0663. The molecule has 2 amide bonds. The molecule has 1 rings (SSSR count). The molecule has 0 aliphatic heterocycles. The van der Waals surface area contributed by atoms with Crippen molar-refractivity contribution >= 4 is 20.3 Å². The molecule has 0 fully saturated rings. The van der Waals surface area contributed by atoms with Crippen molar-refractivity contribution < 1.29 is 19.8 Å². The second-order valence-corrected chi connectivity index (χ2v) is 11.5. The summed E-state index contributed by atoms with van der Waals surface area (Å²) in [7, 11) is -1.75. The average Bonchev–Trinajstić information content (AvgIpc) is 2.48. The van der Waals surface area contributed by atoms with Gasteiger partial charge in [-0.2, -0.15) is 5.01 Å². The molecule has 24 heavy (non-hydrogen) atoms. The molecule has 1 atom stereocenters. The number of amides is 2. The molecular weight excluding hydrogens is 324 g/mol. The molecule has 0 heterocycles. The van der Waals surface area contributed by atoms with Crippen molar-refractivity contribution in [3.05, 3.63) is 35.9 Å². The fourth-order valence-corrected chi connectivity index (χ4v) is 2.71. The van der Waals surface area contributed by atoms with Gasteiger partial charge in [0, 0.05) is 0 Å². The molecular formula is C17H24N2O4Si. The van der Waals surface area contributed by atoms with Crippen molar-refractivity contribution in [3.8, 4) is 11.5 Å². The number of hydrazine groups is 1. The first-order valence-electron chi connectivity index (χ1n) is 7.64. The molecule has 1 unspecified atom stereocenters. The van der Waals surface area contributed by atoms with E-state index in [2.05, 4.69) is 11.5 Å². The molecule has 0 radical (unpaired) electrons. The molecule has 6 nitrogen and oxygen atoms in total. The highest BCUT2D eigenvalue weighted by Gasteiger charge is 2.35. The van der Waals surface area contributed by atoms with Crippen LogP contribution in [-0.2, 0) is 6.42 Å². The predicted molar refractivity (Wildman–Crippen MR) is 95.3 cm³/mol. The van der Waals surface area contributed by atoms with E-state index in [-0.39, 0.29) is 0 Å². The second-order valence-electron chi connectivity index (χ2n) is 6.79. The molecule has 0 aromatic heterocycles. The van der Waals surface area contributed by atoms with Crippen molar-refractivity contribution in [3.63, 3.8) is 0 Å². The van der Waals surface area contributed by atoms with E-state index in [0.29, 0.717) is 17.9 Å². The summed E-state index contributed by atoms with van der Waals surface area (Å²) >= 11 is 0. The minimum Gasteiger partial charge on any atom is -0.464 e. The van der Waals surface area contributed by atoms with E-state index in [0.717, 1.165) is 5.56 Å². The van der Waals surface area contributed by atoms with Gasteiger partial charge in [-0.25, -0.2) is 15.0 Å². The van der Waals surface area contributed by atoms with Crippen molar-refractivity contribution in [1.29, 1.82) is 0 Å². The molecule has 3 N–H and O–H groups in total. The Balaban J connectivity index is 3.15. The molecule has 1 aromatic carbocycles. The van der Waals surface area contributed by atoms with Crippen LogP contribution >= 0.6 is 0 Å². The SMILES string of the molecule is CC(C#C[Si](C)(C)C)(CCc1ccccc1)N(NC(=O)O)C(=O)O. The monoisotopic (exact) mass is 348 g/mol. The summed E-state index contributed by atoms with van der Waals surface area (Å²) in [6.07, 6.45) is -1.85. The van der Waals surface area contributed by atoms with Gasteiger partial charge in [0.05, 0.1) is 0 Å². The van der Waals surface area contributed by atoms with E-state index in [1.54, 1.807) is 6.92 Å². The van der Waals surface area contributed by atoms with Crippen LogP contribution < -0.4 is 5.43 Å². The number of hydrogen-bond donors (Lipinski definition) is 3. The normalized spacial score (nSPS) is 13.2. The van der Waals surface area contributed by atoms with Crippen LogP contribution in [0.3, 0.4) is 0 Å². The van der Waals surface area contributed by atoms with Crippen molar-refractivity contribution in [2.45, 2.75) is 44.9 Å². The predicted octanol–water partition coefficient (Wildman–Crippen LogP) is 3.42. The summed E-state index contributed by atoms with van der Waals surface area (Å²) < 4.78 is 0. The Kier molecular flexibility index (Phi) is 6.43. The first-order chi connectivity index (χ1) is 11.0. The number of nitrogens with one attached hydrogen (secondary N) is 1. The number of carboxylic acid groups (broad SMARTS) is 2. The quantitative estimate of drug-likeness (QED) is 0.442. The molecule has 130 valence electrons.